The Bertz CT molecular complexity index is 439. The molecule has 1 aromatic heterocycles. The van der Waals surface area contributed by atoms with E-state index in [4.69, 9.17) is 5.11 Å². The molecule has 0 aliphatic heterocycles. The molecule has 1 heterocycles. The van der Waals surface area contributed by atoms with Gasteiger partial charge in [0.15, 0.2) is 0 Å². The topological polar surface area (TPSA) is 61.3 Å². The molecule has 8 heteroatoms. The molecule has 0 aliphatic rings. The van der Waals surface area contributed by atoms with Crippen LogP contribution in [0.4, 0.5) is 24.8 Å². The van der Waals surface area contributed by atoms with Crippen LogP contribution >= 0.6 is 0 Å². The van der Waals surface area contributed by atoms with Gasteiger partial charge in [0.05, 0.1) is 12.6 Å². The number of aromatic nitrogens is 2. The van der Waals surface area contributed by atoms with E-state index in [0.717, 1.165) is 6.42 Å². The van der Waals surface area contributed by atoms with Gasteiger partial charge in [-0.05, 0) is 13.3 Å². The van der Waals surface area contributed by atoms with E-state index in [1.54, 1.807) is 14.0 Å². The second kappa shape index (κ2) is 6.74. The van der Waals surface area contributed by atoms with Crippen molar-refractivity contribution in [2.45, 2.75) is 32.5 Å². The number of likely N-dealkylation sites (N-methyl/N-ethyl adjacent to an activating group) is 1. The van der Waals surface area contributed by atoms with Gasteiger partial charge in [-0.1, -0.05) is 6.92 Å². The number of nitrogens with zero attached hydrogens (tertiary/aromatic N) is 3. The first kappa shape index (κ1) is 16.5. The smallest absolute Gasteiger partial charge is 0.394 e. The fourth-order valence-corrected chi connectivity index (χ4v) is 1.43. The summed E-state index contributed by atoms with van der Waals surface area (Å²) in [5.41, 5.74) is 0. The summed E-state index contributed by atoms with van der Waals surface area (Å²) in [7, 11) is 1.58. The minimum absolute atomic E-state index is 0.118. The van der Waals surface area contributed by atoms with Crippen LogP contribution in [-0.4, -0.2) is 41.3 Å². The van der Waals surface area contributed by atoms with Crippen LogP contribution in [0, 0.1) is 0 Å². The highest BCUT2D eigenvalue weighted by Crippen LogP contribution is 2.29. The molecular weight excluding hydrogens is 273 g/mol. The van der Waals surface area contributed by atoms with Crippen LogP contribution in [0.2, 0.25) is 0 Å². The summed E-state index contributed by atoms with van der Waals surface area (Å²) in [6.45, 7) is 3.93. The molecule has 0 radical (unpaired) electrons. The van der Waals surface area contributed by atoms with Crippen LogP contribution in [-0.2, 0) is 6.18 Å². The lowest BCUT2D eigenvalue weighted by molar-refractivity contribution is -0.144. The maximum Gasteiger partial charge on any atom is 0.451 e. The third kappa shape index (κ3) is 4.22. The molecule has 1 atom stereocenters. The molecule has 0 aliphatic carbocycles. The zero-order valence-electron chi connectivity index (χ0n) is 11.7. The molecule has 0 aromatic carbocycles. The first-order chi connectivity index (χ1) is 9.29. The van der Waals surface area contributed by atoms with Crippen molar-refractivity contribution in [3.05, 3.63) is 11.9 Å². The average molecular weight is 292 g/mol. The minimum atomic E-state index is -4.61. The van der Waals surface area contributed by atoms with E-state index in [-0.39, 0.29) is 24.3 Å². The van der Waals surface area contributed by atoms with Crippen LogP contribution in [0.25, 0.3) is 0 Å². The third-order valence-corrected chi connectivity index (χ3v) is 2.81. The number of aliphatic hydroxyl groups excluding tert-OH is 1. The second-order valence-electron chi connectivity index (χ2n) is 4.50. The highest BCUT2D eigenvalue weighted by atomic mass is 19.4. The Kier molecular flexibility index (Phi) is 5.55. The molecule has 0 saturated heterocycles. The number of anilines is 2. The van der Waals surface area contributed by atoms with Gasteiger partial charge in [0.1, 0.15) is 11.6 Å². The van der Waals surface area contributed by atoms with E-state index < -0.39 is 12.0 Å². The van der Waals surface area contributed by atoms with Gasteiger partial charge in [-0.2, -0.15) is 13.2 Å². The largest absolute Gasteiger partial charge is 0.451 e. The molecule has 114 valence electrons. The Balaban J connectivity index is 3.15. The Morgan fingerprint density at radius 2 is 2.05 bits per heavy atom. The van der Waals surface area contributed by atoms with E-state index in [2.05, 4.69) is 15.3 Å². The van der Waals surface area contributed by atoms with Crippen molar-refractivity contribution in [2.75, 3.05) is 30.4 Å². The number of hydrogen-bond acceptors (Lipinski definition) is 5. The van der Waals surface area contributed by atoms with E-state index in [1.165, 1.54) is 11.0 Å². The fourth-order valence-electron chi connectivity index (χ4n) is 1.43. The predicted octanol–water partition coefficient (Wildman–Crippen LogP) is 2.13. The molecule has 0 spiro atoms. The van der Waals surface area contributed by atoms with Gasteiger partial charge in [-0.15, -0.1) is 0 Å². The van der Waals surface area contributed by atoms with E-state index >= 15 is 0 Å². The molecule has 1 aromatic rings. The van der Waals surface area contributed by atoms with Crippen molar-refractivity contribution < 1.29 is 18.3 Å². The minimum Gasteiger partial charge on any atom is -0.394 e. The number of hydrogen-bond donors (Lipinski definition) is 2. The quantitative estimate of drug-likeness (QED) is 0.841. The summed E-state index contributed by atoms with van der Waals surface area (Å²) in [5, 5.41) is 11.9. The first-order valence-electron chi connectivity index (χ1n) is 6.33. The fraction of sp³-hybridized carbons (Fsp3) is 0.667. The lowest BCUT2D eigenvalue weighted by atomic mass is 10.3. The summed E-state index contributed by atoms with van der Waals surface area (Å²) in [5.74, 6) is -0.945. The Morgan fingerprint density at radius 3 is 2.55 bits per heavy atom. The highest BCUT2D eigenvalue weighted by Gasteiger charge is 2.36. The van der Waals surface area contributed by atoms with E-state index in [1.807, 2.05) is 6.92 Å². The summed E-state index contributed by atoms with van der Waals surface area (Å²) in [4.78, 5) is 8.47. The van der Waals surface area contributed by atoms with Crippen molar-refractivity contribution in [2.24, 2.45) is 0 Å². The van der Waals surface area contributed by atoms with Crippen LogP contribution in [0.1, 0.15) is 26.1 Å². The van der Waals surface area contributed by atoms with Crippen molar-refractivity contribution >= 4 is 11.6 Å². The zero-order valence-corrected chi connectivity index (χ0v) is 11.7. The monoisotopic (exact) mass is 292 g/mol. The van der Waals surface area contributed by atoms with Crippen molar-refractivity contribution in [3.63, 3.8) is 0 Å². The molecule has 5 nitrogen and oxygen atoms in total. The number of halogens is 3. The van der Waals surface area contributed by atoms with Gasteiger partial charge < -0.3 is 15.3 Å². The molecule has 1 rings (SSSR count). The molecule has 2 N–H and O–H groups in total. The van der Waals surface area contributed by atoms with Crippen molar-refractivity contribution in [1.82, 2.24) is 9.97 Å². The first-order valence-corrected chi connectivity index (χ1v) is 6.33. The SMILES string of the molecule is CCCNc1cc(N(C)C(C)CO)nc(C(F)(F)F)n1. The Hall–Kier alpha value is -1.57. The summed E-state index contributed by atoms with van der Waals surface area (Å²) >= 11 is 0. The van der Waals surface area contributed by atoms with Crippen molar-refractivity contribution in [3.8, 4) is 0 Å². The van der Waals surface area contributed by atoms with Crippen LogP contribution in [0.15, 0.2) is 6.07 Å². The molecular formula is C12H19F3N4O. The Labute approximate surface area is 115 Å². The summed E-state index contributed by atoms with van der Waals surface area (Å²) in [6, 6.07) is 1.10. The van der Waals surface area contributed by atoms with Gasteiger partial charge in [0.25, 0.3) is 0 Å². The summed E-state index contributed by atoms with van der Waals surface area (Å²) < 4.78 is 38.4. The molecule has 1 unspecified atom stereocenters. The summed E-state index contributed by atoms with van der Waals surface area (Å²) in [6.07, 6.45) is -3.84. The maximum absolute atomic E-state index is 12.8. The number of nitrogens with one attached hydrogen (secondary N) is 1. The van der Waals surface area contributed by atoms with Gasteiger partial charge >= 0.3 is 6.18 Å². The van der Waals surface area contributed by atoms with Gasteiger partial charge in [-0.3, -0.25) is 0 Å². The zero-order chi connectivity index (χ0) is 15.3. The van der Waals surface area contributed by atoms with Crippen molar-refractivity contribution in [1.29, 1.82) is 0 Å². The molecule has 20 heavy (non-hydrogen) atoms. The third-order valence-electron chi connectivity index (χ3n) is 2.81. The van der Waals surface area contributed by atoms with Gasteiger partial charge in [0, 0.05) is 19.7 Å². The number of alkyl halides is 3. The molecule has 0 fully saturated rings. The highest BCUT2D eigenvalue weighted by molar-refractivity contribution is 5.49. The predicted molar refractivity (Wildman–Crippen MR) is 70.8 cm³/mol. The van der Waals surface area contributed by atoms with Gasteiger partial charge in [0.2, 0.25) is 5.82 Å². The number of rotatable bonds is 6. The lowest BCUT2D eigenvalue weighted by Gasteiger charge is -2.25. The average Bonchev–Trinajstić information content (AvgIpc) is 2.42. The van der Waals surface area contributed by atoms with Crippen LogP contribution in [0.3, 0.4) is 0 Å². The molecule has 0 saturated carbocycles. The lowest BCUT2D eigenvalue weighted by Crippen LogP contribution is -2.33. The normalized spacial score (nSPS) is 13.2. The van der Waals surface area contributed by atoms with Crippen LogP contribution in [0.5, 0.6) is 0 Å². The second-order valence-corrected chi connectivity index (χ2v) is 4.50. The van der Waals surface area contributed by atoms with Gasteiger partial charge in [-0.25, -0.2) is 9.97 Å². The standard InChI is InChI=1S/C12H19F3N4O/c1-4-5-16-9-6-10(19(3)8(2)7-20)18-11(17-9)12(13,14)15/h6,8,20H,4-5,7H2,1-3H3,(H,16,17,18). The van der Waals surface area contributed by atoms with Crippen LogP contribution < -0.4 is 10.2 Å². The molecule has 0 amide bonds. The number of aliphatic hydroxyl groups is 1. The molecule has 0 bridgehead atoms. The Morgan fingerprint density at radius 1 is 1.40 bits per heavy atom. The maximum atomic E-state index is 12.8. The van der Waals surface area contributed by atoms with E-state index in [9.17, 15) is 13.2 Å². The van der Waals surface area contributed by atoms with E-state index in [0.29, 0.717) is 6.54 Å².